The molecule has 0 amide bonds. The molecule has 10 heavy (non-hydrogen) atoms. The number of rotatable bonds is 1. The van der Waals surface area contributed by atoms with Crippen molar-refractivity contribution in [1.82, 2.24) is 0 Å². The van der Waals surface area contributed by atoms with Gasteiger partial charge in [-0.15, -0.1) is 0 Å². The largest absolute Gasteiger partial charge is 0.472 e. The Balaban J connectivity index is 2.10. The first kappa shape index (κ1) is 5.70. The lowest BCUT2D eigenvalue weighted by Crippen LogP contribution is -2.14. The van der Waals surface area contributed by atoms with Crippen LogP contribution < -0.4 is 0 Å². The minimum absolute atomic E-state index is 0.581. The number of aliphatic imine (C=N–C) groups is 2. The lowest BCUT2D eigenvalue weighted by molar-refractivity contribution is 0.320. The number of hydrogen-bond acceptors (Lipinski definition) is 4. The molecular weight excluding hydrogens is 132 g/mol. The summed E-state index contributed by atoms with van der Waals surface area (Å²) in [5.74, 6) is 1.16. The molecule has 0 bridgehead atoms. The predicted octanol–water partition coefficient (Wildman–Crippen LogP) is -0.156. The van der Waals surface area contributed by atoms with Gasteiger partial charge in [-0.3, -0.25) is 0 Å². The Hall–Kier alpha value is -1.06. The van der Waals surface area contributed by atoms with Crippen LogP contribution in [0.4, 0.5) is 0 Å². The van der Waals surface area contributed by atoms with E-state index in [4.69, 9.17) is 9.47 Å². The first-order valence-electron chi connectivity index (χ1n) is 3.32. The van der Waals surface area contributed by atoms with Gasteiger partial charge in [-0.25, -0.2) is 9.98 Å². The molecule has 0 aliphatic carbocycles. The maximum absolute atomic E-state index is 5.13. The van der Waals surface area contributed by atoms with Gasteiger partial charge in [0.1, 0.15) is 13.2 Å². The highest BCUT2D eigenvalue weighted by atomic mass is 16.5. The number of nitrogens with zero attached hydrogens (tertiary/aromatic N) is 2. The van der Waals surface area contributed by atoms with E-state index in [9.17, 15) is 0 Å². The van der Waals surface area contributed by atoms with E-state index in [-0.39, 0.29) is 0 Å². The molecule has 0 unspecified atom stereocenters. The first-order chi connectivity index (χ1) is 4.97. The summed E-state index contributed by atoms with van der Waals surface area (Å²) in [4.78, 5) is 8.11. The summed E-state index contributed by atoms with van der Waals surface area (Å²) in [7, 11) is 0. The van der Waals surface area contributed by atoms with E-state index < -0.39 is 0 Å². The minimum atomic E-state index is 0.581. The SMILES string of the molecule is C1COC(C2=NCCO2)=N1. The fraction of sp³-hybridized carbons (Fsp3) is 0.667. The molecule has 0 N–H and O–H groups in total. The number of ether oxygens (including phenoxy) is 2. The van der Waals surface area contributed by atoms with Gasteiger partial charge in [-0.1, -0.05) is 0 Å². The second-order valence-electron chi connectivity index (χ2n) is 2.07. The molecule has 0 saturated heterocycles. The average molecular weight is 140 g/mol. The fourth-order valence-electron chi connectivity index (χ4n) is 0.929. The Bertz CT molecular complexity index is 176. The number of hydrogen-bond donors (Lipinski definition) is 0. The van der Waals surface area contributed by atoms with Gasteiger partial charge in [0.25, 0.3) is 11.8 Å². The highest BCUT2D eigenvalue weighted by Gasteiger charge is 2.19. The normalized spacial score (nSPS) is 23.2. The Labute approximate surface area is 58.6 Å². The van der Waals surface area contributed by atoms with Crippen LogP contribution in [0.15, 0.2) is 9.98 Å². The van der Waals surface area contributed by atoms with Crippen LogP contribution in [0.5, 0.6) is 0 Å². The molecule has 4 nitrogen and oxygen atoms in total. The Kier molecular flexibility index (Phi) is 1.30. The molecule has 2 rings (SSSR count). The van der Waals surface area contributed by atoms with E-state index in [0.29, 0.717) is 25.0 Å². The Morgan fingerprint density at radius 3 is 1.70 bits per heavy atom. The van der Waals surface area contributed by atoms with E-state index in [1.54, 1.807) is 0 Å². The molecular formula is C6H8N2O2. The van der Waals surface area contributed by atoms with Crippen molar-refractivity contribution in [3.63, 3.8) is 0 Å². The molecule has 54 valence electrons. The second-order valence-corrected chi connectivity index (χ2v) is 2.07. The third kappa shape index (κ3) is 0.853. The highest BCUT2D eigenvalue weighted by molar-refractivity contribution is 6.35. The standard InChI is InChI=1S/C6H8N2O2/c1-3-9-5(7-1)6-8-2-4-10-6/h1-4H2. The van der Waals surface area contributed by atoms with Crippen molar-refractivity contribution in [3.8, 4) is 0 Å². The lowest BCUT2D eigenvalue weighted by Gasteiger charge is -1.98. The molecule has 2 heterocycles. The summed E-state index contributed by atoms with van der Waals surface area (Å²) in [6, 6.07) is 0. The molecule has 0 aromatic carbocycles. The molecule has 0 aromatic rings. The lowest BCUT2D eigenvalue weighted by atomic mass is 10.6. The van der Waals surface area contributed by atoms with Gasteiger partial charge in [0.2, 0.25) is 0 Å². The monoisotopic (exact) mass is 140 g/mol. The van der Waals surface area contributed by atoms with Crippen LogP contribution in [-0.2, 0) is 9.47 Å². The molecule has 0 saturated carbocycles. The maximum atomic E-state index is 5.13. The average Bonchev–Trinajstić information content (AvgIpc) is 2.59. The van der Waals surface area contributed by atoms with Crippen molar-refractivity contribution in [1.29, 1.82) is 0 Å². The maximum Gasteiger partial charge on any atom is 0.273 e. The summed E-state index contributed by atoms with van der Waals surface area (Å²) in [6.07, 6.45) is 0. The molecule has 0 atom stereocenters. The van der Waals surface area contributed by atoms with E-state index in [0.717, 1.165) is 13.1 Å². The van der Waals surface area contributed by atoms with Gasteiger partial charge >= 0.3 is 0 Å². The van der Waals surface area contributed by atoms with Crippen LogP contribution in [0.25, 0.3) is 0 Å². The molecule has 0 aromatic heterocycles. The van der Waals surface area contributed by atoms with Crippen LogP contribution in [0.3, 0.4) is 0 Å². The van der Waals surface area contributed by atoms with Gasteiger partial charge in [-0.05, 0) is 0 Å². The molecule has 2 aliphatic rings. The highest BCUT2D eigenvalue weighted by Crippen LogP contribution is 2.02. The topological polar surface area (TPSA) is 43.2 Å². The molecule has 0 radical (unpaired) electrons. The van der Waals surface area contributed by atoms with E-state index >= 15 is 0 Å². The molecule has 2 aliphatic heterocycles. The van der Waals surface area contributed by atoms with Crippen LogP contribution in [0.1, 0.15) is 0 Å². The Morgan fingerprint density at radius 2 is 1.40 bits per heavy atom. The molecule has 0 fully saturated rings. The van der Waals surface area contributed by atoms with Crippen molar-refractivity contribution in [2.45, 2.75) is 0 Å². The predicted molar refractivity (Wildman–Crippen MR) is 36.5 cm³/mol. The fourth-order valence-corrected chi connectivity index (χ4v) is 0.929. The summed E-state index contributed by atoms with van der Waals surface area (Å²) in [5, 5.41) is 0. The molecule has 0 spiro atoms. The quantitative estimate of drug-likeness (QED) is 0.508. The van der Waals surface area contributed by atoms with E-state index in [1.165, 1.54) is 0 Å². The first-order valence-corrected chi connectivity index (χ1v) is 3.32. The van der Waals surface area contributed by atoms with Gasteiger partial charge in [0, 0.05) is 0 Å². The smallest absolute Gasteiger partial charge is 0.273 e. The van der Waals surface area contributed by atoms with Crippen molar-refractivity contribution in [2.75, 3.05) is 26.3 Å². The van der Waals surface area contributed by atoms with Crippen LogP contribution >= 0.6 is 0 Å². The van der Waals surface area contributed by atoms with E-state index in [2.05, 4.69) is 9.98 Å². The zero-order valence-electron chi connectivity index (χ0n) is 5.54. The van der Waals surface area contributed by atoms with E-state index in [1.807, 2.05) is 0 Å². The zero-order valence-corrected chi connectivity index (χ0v) is 5.54. The minimum Gasteiger partial charge on any atom is -0.472 e. The summed E-state index contributed by atoms with van der Waals surface area (Å²) in [5.41, 5.74) is 0. The van der Waals surface area contributed by atoms with Crippen molar-refractivity contribution in [2.24, 2.45) is 9.98 Å². The van der Waals surface area contributed by atoms with Gasteiger partial charge in [0.15, 0.2) is 0 Å². The van der Waals surface area contributed by atoms with Gasteiger partial charge in [0.05, 0.1) is 13.1 Å². The van der Waals surface area contributed by atoms with Crippen LogP contribution in [0, 0.1) is 0 Å². The summed E-state index contributed by atoms with van der Waals surface area (Å²) in [6.45, 7) is 2.80. The third-order valence-corrected chi connectivity index (χ3v) is 1.35. The van der Waals surface area contributed by atoms with Crippen LogP contribution in [0.2, 0.25) is 0 Å². The van der Waals surface area contributed by atoms with Crippen molar-refractivity contribution >= 4 is 11.8 Å². The molecule has 4 heteroatoms. The second kappa shape index (κ2) is 2.28. The third-order valence-electron chi connectivity index (χ3n) is 1.35. The van der Waals surface area contributed by atoms with Crippen LogP contribution in [-0.4, -0.2) is 38.1 Å². The zero-order chi connectivity index (χ0) is 6.81. The van der Waals surface area contributed by atoms with Crippen molar-refractivity contribution < 1.29 is 9.47 Å². The summed E-state index contributed by atoms with van der Waals surface area (Å²) < 4.78 is 10.3. The van der Waals surface area contributed by atoms with Gasteiger partial charge < -0.3 is 9.47 Å². The van der Waals surface area contributed by atoms with Crippen molar-refractivity contribution in [3.05, 3.63) is 0 Å². The Morgan fingerprint density at radius 1 is 0.900 bits per heavy atom. The summed E-state index contributed by atoms with van der Waals surface area (Å²) >= 11 is 0. The van der Waals surface area contributed by atoms with Gasteiger partial charge in [-0.2, -0.15) is 0 Å².